The van der Waals surface area contributed by atoms with Gasteiger partial charge in [0.2, 0.25) is 5.91 Å². The third-order valence-corrected chi connectivity index (χ3v) is 5.65. The first-order valence-corrected chi connectivity index (χ1v) is 9.01. The molecule has 0 saturated heterocycles. The molecule has 128 valence electrons. The Morgan fingerprint density at radius 3 is 2.61 bits per heavy atom. The minimum atomic E-state index is 0.0920. The number of nitrogens with zero attached hydrogens (tertiary/aromatic N) is 2. The van der Waals surface area contributed by atoms with Gasteiger partial charge in [-0.25, -0.2) is 0 Å². The molecule has 1 aromatic heterocycles. The number of aryl methyl sites for hydroxylation is 2. The molecule has 0 aliphatic heterocycles. The second kappa shape index (κ2) is 6.63. The lowest BCUT2D eigenvalue weighted by atomic mass is 9.67. The van der Waals surface area contributed by atoms with Gasteiger partial charge in [-0.15, -0.1) is 0 Å². The van der Waals surface area contributed by atoms with Crippen molar-refractivity contribution in [1.29, 1.82) is 0 Å². The number of rotatable bonds is 4. The molecule has 3 atom stereocenters. The Hall–Kier alpha value is -1.36. The fourth-order valence-corrected chi connectivity index (χ4v) is 4.72. The number of amides is 1. The van der Waals surface area contributed by atoms with Crippen molar-refractivity contribution in [1.82, 2.24) is 15.1 Å². The zero-order valence-electron chi connectivity index (χ0n) is 14.6. The maximum atomic E-state index is 12.5. The Kier molecular flexibility index (Phi) is 4.76. The van der Waals surface area contributed by atoms with E-state index < -0.39 is 0 Å². The highest BCUT2D eigenvalue weighted by Gasteiger charge is 2.39. The second-order valence-corrected chi connectivity index (χ2v) is 7.70. The van der Waals surface area contributed by atoms with E-state index in [0.717, 1.165) is 24.2 Å². The van der Waals surface area contributed by atoms with Gasteiger partial charge >= 0.3 is 0 Å². The van der Waals surface area contributed by atoms with E-state index in [4.69, 9.17) is 5.73 Å². The summed E-state index contributed by atoms with van der Waals surface area (Å²) in [7, 11) is 0. The van der Waals surface area contributed by atoms with E-state index in [1.54, 1.807) is 0 Å². The molecule has 1 heterocycles. The van der Waals surface area contributed by atoms with Gasteiger partial charge in [-0.05, 0) is 64.4 Å². The molecule has 2 aliphatic rings. The van der Waals surface area contributed by atoms with E-state index in [9.17, 15) is 4.79 Å². The van der Waals surface area contributed by atoms with Gasteiger partial charge in [0.05, 0.1) is 11.7 Å². The van der Waals surface area contributed by atoms with Crippen LogP contribution in [0.4, 0.5) is 0 Å². The van der Waals surface area contributed by atoms with Crippen LogP contribution in [0.1, 0.15) is 62.9 Å². The number of nitrogens with two attached hydrogens (primary N) is 1. The molecule has 3 N–H and O–H groups in total. The summed E-state index contributed by atoms with van der Waals surface area (Å²) in [6.07, 6.45) is 6.33. The summed E-state index contributed by atoms with van der Waals surface area (Å²) in [6, 6.07) is 2.81. The quantitative estimate of drug-likeness (QED) is 0.895. The number of hydrogen-bond donors (Lipinski definition) is 2. The monoisotopic (exact) mass is 318 g/mol. The van der Waals surface area contributed by atoms with Crippen molar-refractivity contribution < 1.29 is 4.79 Å². The summed E-state index contributed by atoms with van der Waals surface area (Å²) in [5.41, 5.74) is 8.29. The van der Waals surface area contributed by atoms with E-state index >= 15 is 0 Å². The van der Waals surface area contributed by atoms with E-state index in [2.05, 4.69) is 23.4 Å². The van der Waals surface area contributed by atoms with Gasteiger partial charge in [-0.3, -0.25) is 9.48 Å². The van der Waals surface area contributed by atoms with E-state index in [1.807, 2.05) is 18.5 Å². The van der Waals surface area contributed by atoms with Crippen molar-refractivity contribution in [3.05, 3.63) is 17.5 Å². The lowest BCUT2D eigenvalue weighted by Crippen LogP contribution is -2.53. The van der Waals surface area contributed by atoms with Crippen LogP contribution in [-0.4, -0.2) is 27.8 Å². The first-order chi connectivity index (χ1) is 10.9. The van der Waals surface area contributed by atoms with Crippen molar-refractivity contribution in [2.75, 3.05) is 0 Å². The van der Waals surface area contributed by atoms with E-state index in [1.165, 1.54) is 19.3 Å². The highest BCUT2D eigenvalue weighted by Crippen LogP contribution is 2.39. The van der Waals surface area contributed by atoms with Crippen LogP contribution in [-0.2, 0) is 4.79 Å². The van der Waals surface area contributed by atoms with Crippen molar-refractivity contribution in [2.45, 2.75) is 77.4 Å². The van der Waals surface area contributed by atoms with E-state index in [-0.39, 0.29) is 11.9 Å². The Morgan fingerprint density at radius 1 is 1.39 bits per heavy atom. The number of aromatic nitrogens is 2. The van der Waals surface area contributed by atoms with Gasteiger partial charge in [0.25, 0.3) is 0 Å². The van der Waals surface area contributed by atoms with Crippen LogP contribution >= 0.6 is 0 Å². The van der Waals surface area contributed by atoms with Crippen LogP contribution in [0, 0.1) is 25.7 Å². The van der Waals surface area contributed by atoms with Crippen LogP contribution in [0.3, 0.4) is 0 Å². The molecular weight excluding hydrogens is 288 g/mol. The standard InChI is InChI=1S/C18H30N4O/c1-11-7-12(2)22(21-11)13(3)8-17(23)20-18-14-5-4-6-15(18)10-16(19)9-14/h7,13-16,18H,4-6,8-10,19H2,1-3H3,(H,20,23). The fraction of sp³-hybridized carbons (Fsp3) is 0.778. The zero-order valence-corrected chi connectivity index (χ0v) is 14.6. The predicted molar refractivity (Wildman–Crippen MR) is 91.0 cm³/mol. The highest BCUT2D eigenvalue weighted by atomic mass is 16.1. The number of hydrogen-bond acceptors (Lipinski definition) is 3. The molecule has 2 aliphatic carbocycles. The number of fused-ring (bicyclic) bond motifs is 2. The Balaban J connectivity index is 1.60. The summed E-state index contributed by atoms with van der Waals surface area (Å²) < 4.78 is 1.96. The molecule has 5 nitrogen and oxygen atoms in total. The van der Waals surface area contributed by atoms with Crippen LogP contribution in [0.25, 0.3) is 0 Å². The Labute approximate surface area is 139 Å². The second-order valence-electron chi connectivity index (χ2n) is 7.70. The van der Waals surface area contributed by atoms with Gasteiger partial charge in [0.1, 0.15) is 0 Å². The first-order valence-electron chi connectivity index (χ1n) is 9.01. The molecule has 0 spiro atoms. The number of carbonyl (C=O) groups excluding carboxylic acids is 1. The summed E-state index contributed by atoms with van der Waals surface area (Å²) in [5.74, 6) is 1.30. The van der Waals surface area contributed by atoms with Crippen LogP contribution < -0.4 is 11.1 Å². The maximum absolute atomic E-state index is 12.5. The maximum Gasteiger partial charge on any atom is 0.222 e. The summed E-state index contributed by atoms with van der Waals surface area (Å²) in [5, 5.41) is 7.83. The van der Waals surface area contributed by atoms with Gasteiger partial charge in [-0.2, -0.15) is 5.10 Å². The van der Waals surface area contributed by atoms with Gasteiger partial charge in [0, 0.05) is 24.2 Å². The van der Waals surface area contributed by atoms with Crippen molar-refractivity contribution >= 4 is 5.91 Å². The lowest BCUT2D eigenvalue weighted by molar-refractivity contribution is -0.124. The van der Waals surface area contributed by atoms with Crippen LogP contribution in [0.5, 0.6) is 0 Å². The SMILES string of the molecule is Cc1cc(C)n(C(C)CC(=O)NC2C3CCCC2CC(N)C3)n1. The minimum Gasteiger partial charge on any atom is -0.353 e. The Bertz CT molecular complexity index is 553. The van der Waals surface area contributed by atoms with Gasteiger partial charge in [-0.1, -0.05) is 6.42 Å². The molecule has 23 heavy (non-hydrogen) atoms. The summed E-state index contributed by atoms with van der Waals surface area (Å²) >= 11 is 0. The summed E-state index contributed by atoms with van der Waals surface area (Å²) in [4.78, 5) is 12.5. The molecule has 0 aromatic carbocycles. The van der Waals surface area contributed by atoms with Crippen LogP contribution in [0.2, 0.25) is 0 Å². The third-order valence-electron chi connectivity index (χ3n) is 5.65. The third kappa shape index (κ3) is 3.60. The Morgan fingerprint density at radius 2 is 2.04 bits per heavy atom. The normalized spacial score (nSPS) is 31.7. The topological polar surface area (TPSA) is 72.9 Å². The largest absolute Gasteiger partial charge is 0.353 e. The lowest BCUT2D eigenvalue weighted by Gasteiger charge is -2.45. The molecular formula is C18H30N4O. The molecule has 1 aromatic rings. The number of nitrogens with one attached hydrogen (secondary N) is 1. The molecule has 3 unspecified atom stereocenters. The molecule has 0 radical (unpaired) electrons. The summed E-state index contributed by atoms with van der Waals surface area (Å²) in [6.45, 7) is 6.10. The first kappa shape index (κ1) is 16.5. The fourth-order valence-electron chi connectivity index (χ4n) is 4.72. The van der Waals surface area contributed by atoms with E-state index in [0.29, 0.717) is 30.3 Å². The highest BCUT2D eigenvalue weighted by molar-refractivity contribution is 5.76. The van der Waals surface area contributed by atoms with Crippen molar-refractivity contribution in [2.24, 2.45) is 17.6 Å². The molecule has 2 fully saturated rings. The molecule has 3 rings (SSSR count). The minimum absolute atomic E-state index is 0.0920. The smallest absolute Gasteiger partial charge is 0.222 e. The molecule has 2 saturated carbocycles. The zero-order chi connectivity index (χ0) is 16.6. The van der Waals surface area contributed by atoms with Gasteiger partial charge < -0.3 is 11.1 Å². The van der Waals surface area contributed by atoms with Crippen molar-refractivity contribution in [3.8, 4) is 0 Å². The molecule has 5 heteroatoms. The molecule has 2 bridgehead atoms. The predicted octanol–water partition coefficient (Wildman–Crippen LogP) is 2.47. The van der Waals surface area contributed by atoms with Crippen molar-refractivity contribution in [3.63, 3.8) is 0 Å². The molecule has 1 amide bonds. The van der Waals surface area contributed by atoms with Gasteiger partial charge in [0.15, 0.2) is 0 Å². The average molecular weight is 318 g/mol. The average Bonchev–Trinajstić information content (AvgIpc) is 2.78. The van der Waals surface area contributed by atoms with Crippen LogP contribution in [0.15, 0.2) is 6.07 Å². The number of carbonyl (C=O) groups is 1.